The van der Waals surface area contributed by atoms with E-state index in [-0.39, 0.29) is 12.0 Å². The molecule has 1 aliphatic carbocycles. The van der Waals surface area contributed by atoms with Gasteiger partial charge in [-0.25, -0.2) is 0 Å². The van der Waals surface area contributed by atoms with Crippen LogP contribution >= 0.6 is 0 Å². The molecule has 1 amide bonds. The average molecular weight is 251 g/mol. The number of hydrogen-bond acceptors (Lipinski definition) is 3. The van der Waals surface area contributed by atoms with E-state index in [1.807, 2.05) is 12.1 Å². The smallest absolute Gasteiger partial charge is 0.220 e. The number of carbonyl (C=O) groups excluding carboxylic acids is 1. The van der Waals surface area contributed by atoms with Crippen molar-refractivity contribution >= 4 is 5.91 Å². The zero-order valence-corrected chi connectivity index (χ0v) is 10.6. The van der Waals surface area contributed by atoms with Crippen molar-refractivity contribution in [2.75, 3.05) is 6.54 Å². The monoisotopic (exact) mass is 251 g/mol. The van der Waals surface area contributed by atoms with E-state index in [2.05, 4.69) is 5.32 Å². The van der Waals surface area contributed by atoms with Gasteiger partial charge in [0.05, 0.1) is 12.4 Å². The number of amides is 1. The first-order chi connectivity index (χ1) is 8.74. The van der Waals surface area contributed by atoms with Gasteiger partial charge in [0, 0.05) is 19.4 Å². The summed E-state index contributed by atoms with van der Waals surface area (Å²) in [7, 11) is 0. The van der Waals surface area contributed by atoms with Crippen LogP contribution in [0.3, 0.4) is 0 Å². The van der Waals surface area contributed by atoms with Crippen LogP contribution in [-0.2, 0) is 11.2 Å². The van der Waals surface area contributed by atoms with Gasteiger partial charge in [-0.05, 0) is 43.7 Å². The maximum absolute atomic E-state index is 11.6. The number of hydrogen-bond donors (Lipinski definition) is 2. The summed E-state index contributed by atoms with van der Waals surface area (Å²) in [6, 6.07) is 3.72. The molecule has 0 spiro atoms. The highest BCUT2D eigenvalue weighted by Crippen LogP contribution is 2.23. The second kappa shape index (κ2) is 6.59. The Balaban J connectivity index is 1.60. The molecule has 0 bridgehead atoms. The molecule has 100 valence electrons. The van der Waals surface area contributed by atoms with Gasteiger partial charge in [0.15, 0.2) is 0 Å². The van der Waals surface area contributed by atoms with Crippen molar-refractivity contribution < 1.29 is 14.3 Å². The predicted molar refractivity (Wildman–Crippen MR) is 68.0 cm³/mol. The molecule has 2 N–H and O–H groups in total. The van der Waals surface area contributed by atoms with Gasteiger partial charge in [-0.3, -0.25) is 4.79 Å². The van der Waals surface area contributed by atoms with E-state index in [9.17, 15) is 9.90 Å². The van der Waals surface area contributed by atoms with Crippen LogP contribution in [0.2, 0.25) is 0 Å². The van der Waals surface area contributed by atoms with Crippen LogP contribution in [0.1, 0.15) is 37.9 Å². The number of carbonyl (C=O) groups is 1. The zero-order chi connectivity index (χ0) is 12.8. The molecule has 1 aliphatic rings. The lowest BCUT2D eigenvalue weighted by molar-refractivity contribution is -0.121. The minimum absolute atomic E-state index is 0.0810. The van der Waals surface area contributed by atoms with Gasteiger partial charge in [0.25, 0.3) is 0 Å². The summed E-state index contributed by atoms with van der Waals surface area (Å²) in [5.41, 5.74) is 0. The zero-order valence-electron chi connectivity index (χ0n) is 10.6. The molecule has 0 radical (unpaired) electrons. The quantitative estimate of drug-likeness (QED) is 0.840. The predicted octanol–water partition coefficient (Wildman–Crippen LogP) is 1.88. The van der Waals surface area contributed by atoms with Gasteiger partial charge < -0.3 is 14.8 Å². The molecule has 1 saturated carbocycles. The van der Waals surface area contributed by atoms with Crippen molar-refractivity contribution in [3.05, 3.63) is 24.2 Å². The van der Waals surface area contributed by atoms with Crippen LogP contribution in [0.5, 0.6) is 0 Å². The second-order valence-corrected chi connectivity index (χ2v) is 5.06. The van der Waals surface area contributed by atoms with Crippen LogP contribution in [0.25, 0.3) is 0 Å². The Bertz CT molecular complexity index is 353. The summed E-state index contributed by atoms with van der Waals surface area (Å²) < 4.78 is 5.18. The van der Waals surface area contributed by atoms with E-state index in [0.29, 0.717) is 18.8 Å². The third-order valence-electron chi connectivity index (χ3n) is 3.58. The molecule has 1 fully saturated rings. The van der Waals surface area contributed by atoms with Gasteiger partial charge in [0.2, 0.25) is 5.91 Å². The van der Waals surface area contributed by atoms with Gasteiger partial charge in [-0.1, -0.05) is 0 Å². The van der Waals surface area contributed by atoms with E-state index in [0.717, 1.165) is 38.0 Å². The first-order valence-electron chi connectivity index (χ1n) is 6.71. The maximum Gasteiger partial charge on any atom is 0.220 e. The van der Waals surface area contributed by atoms with Crippen molar-refractivity contribution in [3.8, 4) is 0 Å². The Kier molecular flexibility index (Phi) is 4.81. The standard InChI is InChI=1S/C14H21NO3/c16-12-5-3-11(4-6-12)10-15-14(17)8-7-13-2-1-9-18-13/h1-2,9,11-12,16H,3-8,10H2,(H,15,17). The fourth-order valence-electron chi connectivity index (χ4n) is 2.39. The summed E-state index contributed by atoms with van der Waals surface area (Å²) in [5, 5.41) is 12.4. The average Bonchev–Trinajstić information content (AvgIpc) is 2.89. The van der Waals surface area contributed by atoms with Crippen molar-refractivity contribution in [1.82, 2.24) is 5.32 Å². The van der Waals surface area contributed by atoms with Crippen molar-refractivity contribution in [1.29, 1.82) is 0 Å². The Morgan fingerprint density at radius 3 is 2.83 bits per heavy atom. The van der Waals surface area contributed by atoms with Crippen LogP contribution in [0, 0.1) is 5.92 Å². The molecule has 0 saturated heterocycles. The summed E-state index contributed by atoms with van der Waals surface area (Å²) in [5.74, 6) is 1.46. The normalized spacial score (nSPS) is 23.8. The molecule has 0 unspecified atom stereocenters. The topological polar surface area (TPSA) is 62.5 Å². The highest BCUT2D eigenvalue weighted by atomic mass is 16.3. The molecule has 4 heteroatoms. The summed E-state index contributed by atoms with van der Waals surface area (Å²) >= 11 is 0. The number of furan rings is 1. The molecule has 4 nitrogen and oxygen atoms in total. The maximum atomic E-state index is 11.6. The SMILES string of the molecule is O=C(CCc1ccco1)NCC1CCC(O)CC1. The minimum atomic E-state index is -0.129. The first-order valence-corrected chi connectivity index (χ1v) is 6.71. The van der Waals surface area contributed by atoms with Gasteiger partial charge in [-0.15, -0.1) is 0 Å². The fraction of sp³-hybridized carbons (Fsp3) is 0.643. The first kappa shape index (κ1) is 13.1. The molecule has 18 heavy (non-hydrogen) atoms. The number of aliphatic hydroxyl groups excluding tert-OH is 1. The van der Waals surface area contributed by atoms with E-state index in [1.54, 1.807) is 6.26 Å². The van der Waals surface area contributed by atoms with Crippen LogP contribution in [0.15, 0.2) is 22.8 Å². The molecule has 1 aromatic rings. The highest BCUT2D eigenvalue weighted by molar-refractivity contribution is 5.76. The Morgan fingerprint density at radius 2 is 2.17 bits per heavy atom. The van der Waals surface area contributed by atoms with E-state index >= 15 is 0 Å². The Labute approximate surface area is 107 Å². The third-order valence-corrected chi connectivity index (χ3v) is 3.58. The lowest BCUT2D eigenvalue weighted by Gasteiger charge is -2.25. The molecule has 0 aromatic carbocycles. The number of rotatable bonds is 5. The van der Waals surface area contributed by atoms with Crippen LogP contribution < -0.4 is 5.32 Å². The van der Waals surface area contributed by atoms with Crippen molar-refractivity contribution in [3.63, 3.8) is 0 Å². The molecule has 1 heterocycles. The van der Waals surface area contributed by atoms with E-state index < -0.39 is 0 Å². The Hall–Kier alpha value is -1.29. The van der Waals surface area contributed by atoms with Gasteiger partial charge in [0.1, 0.15) is 5.76 Å². The second-order valence-electron chi connectivity index (χ2n) is 5.06. The largest absolute Gasteiger partial charge is 0.469 e. The molecular formula is C14H21NO3. The molecular weight excluding hydrogens is 230 g/mol. The number of nitrogens with one attached hydrogen (secondary N) is 1. The lowest BCUT2D eigenvalue weighted by Crippen LogP contribution is -2.32. The third kappa shape index (κ3) is 4.18. The summed E-state index contributed by atoms with van der Waals surface area (Å²) in [6.45, 7) is 0.740. The molecule has 1 aromatic heterocycles. The Morgan fingerprint density at radius 1 is 1.39 bits per heavy atom. The summed E-state index contributed by atoms with van der Waals surface area (Å²) in [4.78, 5) is 11.6. The van der Waals surface area contributed by atoms with Gasteiger partial charge >= 0.3 is 0 Å². The minimum Gasteiger partial charge on any atom is -0.469 e. The molecule has 2 rings (SSSR count). The van der Waals surface area contributed by atoms with Crippen molar-refractivity contribution in [2.24, 2.45) is 5.92 Å². The van der Waals surface area contributed by atoms with Crippen LogP contribution in [0.4, 0.5) is 0 Å². The van der Waals surface area contributed by atoms with E-state index in [4.69, 9.17) is 4.42 Å². The lowest BCUT2D eigenvalue weighted by atomic mass is 9.87. The van der Waals surface area contributed by atoms with Crippen molar-refractivity contribution in [2.45, 2.75) is 44.6 Å². The fourth-order valence-corrected chi connectivity index (χ4v) is 2.39. The summed E-state index contributed by atoms with van der Waals surface area (Å²) in [6.07, 6.45) is 6.39. The van der Waals surface area contributed by atoms with E-state index in [1.165, 1.54) is 0 Å². The highest BCUT2D eigenvalue weighted by Gasteiger charge is 2.19. The number of aryl methyl sites for hydroxylation is 1. The molecule has 0 aliphatic heterocycles. The van der Waals surface area contributed by atoms with Crippen LogP contribution in [-0.4, -0.2) is 23.7 Å². The molecule has 0 atom stereocenters. The number of aliphatic hydroxyl groups is 1. The van der Waals surface area contributed by atoms with Gasteiger partial charge in [-0.2, -0.15) is 0 Å².